The minimum atomic E-state index is -0.904. The van der Waals surface area contributed by atoms with Gasteiger partial charge in [-0.25, -0.2) is 0 Å². The van der Waals surface area contributed by atoms with E-state index in [1.807, 2.05) is 19.1 Å². The molecule has 1 amide bonds. The molecule has 0 saturated heterocycles. The first-order chi connectivity index (χ1) is 7.67. The number of hydrogen-bond donors (Lipinski definition) is 3. The SMILES string of the molecule is CCc1ccc(C(=O)NCC(O)CO)cc1. The molecule has 0 spiro atoms. The first-order valence-electron chi connectivity index (χ1n) is 5.33. The Hall–Kier alpha value is -1.39. The molecule has 0 saturated carbocycles. The van der Waals surface area contributed by atoms with E-state index < -0.39 is 6.10 Å². The summed E-state index contributed by atoms with van der Waals surface area (Å²) in [6, 6.07) is 7.30. The second kappa shape index (κ2) is 6.25. The van der Waals surface area contributed by atoms with Crippen molar-refractivity contribution < 1.29 is 15.0 Å². The van der Waals surface area contributed by atoms with Crippen molar-refractivity contribution >= 4 is 5.91 Å². The van der Waals surface area contributed by atoms with Crippen molar-refractivity contribution in [3.8, 4) is 0 Å². The van der Waals surface area contributed by atoms with Crippen molar-refractivity contribution in [1.29, 1.82) is 0 Å². The molecule has 4 nitrogen and oxygen atoms in total. The number of rotatable bonds is 5. The van der Waals surface area contributed by atoms with Crippen LogP contribution in [0, 0.1) is 0 Å². The number of hydrogen-bond acceptors (Lipinski definition) is 3. The van der Waals surface area contributed by atoms with E-state index in [-0.39, 0.29) is 19.1 Å². The minimum Gasteiger partial charge on any atom is -0.394 e. The van der Waals surface area contributed by atoms with Crippen molar-refractivity contribution in [1.82, 2.24) is 5.32 Å². The maximum absolute atomic E-state index is 11.6. The number of amides is 1. The Balaban J connectivity index is 2.52. The van der Waals surface area contributed by atoms with Gasteiger partial charge in [0, 0.05) is 12.1 Å². The summed E-state index contributed by atoms with van der Waals surface area (Å²) in [7, 11) is 0. The number of carbonyl (C=O) groups is 1. The van der Waals surface area contributed by atoms with Gasteiger partial charge in [-0.2, -0.15) is 0 Å². The highest BCUT2D eigenvalue weighted by molar-refractivity contribution is 5.94. The topological polar surface area (TPSA) is 69.6 Å². The molecular weight excluding hydrogens is 206 g/mol. The van der Waals surface area contributed by atoms with Gasteiger partial charge in [0.2, 0.25) is 0 Å². The van der Waals surface area contributed by atoms with Crippen LogP contribution in [0.3, 0.4) is 0 Å². The van der Waals surface area contributed by atoms with Gasteiger partial charge in [0.15, 0.2) is 0 Å². The van der Waals surface area contributed by atoms with Crippen molar-refractivity contribution in [2.45, 2.75) is 19.4 Å². The Labute approximate surface area is 94.9 Å². The summed E-state index contributed by atoms with van der Waals surface area (Å²) in [6.45, 7) is 1.76. The third-order valence-electron chi connectivity index (χ3n) is 2.33. The monoisotopic (exact) mass is 223 g/mol. The van der Waals surface area contributed by atoms with Gasteiger partial charge in [-0.05, 0) is 24.1 Å². The largest absolute Gasteiger partial charge is 0.394 e. The lowest BCUT2D eigenvalue weighted by molar-refractivity contribution is 0.0802. The van der Waals surface area contributed by atoms with Crippen LogP contribution in [-0.4, -0.2) is 35.4 Å². The van der Waals surface area contributed by atoms with Crippen molar-refractivity contribution in [2.24, 2.45) is 0 Å². The Morgan fingerprint density at radius 1 is 1.38 bits per heavy atom. The molecule has 1 aromatic rings. The van der Waals surface area contributed by atoms with Gasteiger partial charge in [0.25, 0.3) is 5.91 Å². The summed E-state index contributed by atoms with van der Waals surface area (Å²) < 4.78 is 0. The molecule has 0 aliphatic heterocycles. The molecule has 1 rings (SSSR count). The molecule has 88 valence electrons. The van der Waals surface area contributed by atoms with Crippen LogP contribution in [0.2, 0.25) is 0 Å². The Morgan fingerprint density at radius 2 is 2.00 bits per heavy atom. The van der Waals surface area contributed by atoms with Gasteiger partial charge in [-0.3, -0.25) is 4.79 Å². The van der Waals surface area contributed by atoms with E-state index in [2.05, 4.69) is 5.32 Å². The van der Waals surface area contributed by atoms with E-state index in [0.29, 0.717) is 5.56 Å². The Kier molecular flexibility index (Phi) is 4.95. The van der Waals surface area contributed by atoms with Crippen LogP contribution >= 0.6 is 0 Å². The van der Waals surface area contributed by atoms with Crippen molar-refractivity contribution in [3.05, 3.63) is 35.4 Å². The summed E-state index contributed by atoms with van der Waals surface area (Å²) in [6.07, 6.45) is 0.0318. The van der Waals surface area contributed by atoms with Gasteiger partial charge in [0.1, 0.15) is 0 Å². The first kappa shape index (κ1) is 12.7. The van der Waals surface area contributed by atoms with E-state index in [9.17, 15) is 4.79 Å². The molecule has 16 heavy (non-hydrogen) atoms. The molecule has 0 bridgehead atoms. The fraction of sp³-hybridized carbons (Fsp3) is 0.417. The van der Waals surface area contributed by atoms with E-state index in [0.717, 1.165) is 6.42 Å². The van der Waals surface area contributed by atoms with Crippen LogP contribution in [0.15, 0.2) is 24.3 Å². The standard InChI is InChI=1S/C12H17NO3/c1-2-9-3-5-10(6-4-9)12(16)13-7-11(15)8-14/h3-6,11,14-15H,2,7-8H2,1H3,(H,13,16). The predicted molar refractivity (Wildman–Crippen MR) is 61.2 cm³/mol. The number of benzene rings is 1. The van der Waals surface area contributed by atoms with E-state index in [1.165, 1.54) is 5.56 Å². The fourth-order valence-electron chi connectivity index (χ4n) is 1.27. The maximum atomic E-state index is 11.6. The van der Waals surface area contributed by atoms with E-state index in [4.69, 9.17) is 10.2 Å². The molecule has 3 N–H and O–H groups in total. The van der Waals surface area contributed by atoms with E-state index in [1.54, 1.807) is 12.1 Å². The summed E-state index contributed by atoms with van der Waals surface area (Å²) in [5.41, 5.74) is 1.73. The highest BCUT2D eigenvalue weighted by Crippen LogP contribution is 2.04. The zero-order chi connectivity index (χ0) is 12.0. The second-order valence-corrected chi connectivity index (χ2v) is 3.60. The summed E-state index contributed by atoms with van der Waals surface area (Å²) in [5, 5.41) is 20.2. The molecule has 0 aromatic heterocycles. The molecule has 0 aliphatic carbocycles. The zero-order valence-electron chi connectivity index (χ0n) is 9.31. The Bertz CT molecular complexity index is 335. The normalized spacial score (nSPS) is 12.2. The van der Waals surface area contributed by atoms with Crippen LogP contribution in [0.5, 0.6) is 0 Å². The van der Waals surface area contributed by atoms with Crippen molar-refractivity contribution in [3.63, 3.8) is 0 Å². The molecule has 1 atom stereocenters. The molecule has 4 heteroatoms. The fourth-order valence-corrected chi connectivity index (χ4v) is 1.27. The highest BCUT2D eigenvalue weighted by atomic mass is 16.3. The highest BCUT2D eigenvalue weighted by Gasteiger charge is 2.07. The maximum Gasteiger partial charge on any atom is 0.251 e. The lowest BCUT2D eigenvalue weighted by Gasteiger charge is -2.09. The zero-order valence-corrected chi connectivity index (χ0v) is 9.31. The van der Waals surface area contributed by atoms with Crippen LogP contribution in [-0.2, 0) is 6.42 Å². The molecular formula is C12H17NO3. The predicted octanol–water partition coefficient (Wildman–Crippen LogP) is 0.332. The third-order valence-corrected chi connectivity index (χ3v) is 2.33. The van der Waals surface area contributed by atoms with Crippen LogP contribution in [0.25, 0.3) is 0 Å². The smallest absolute Gasteiger partial charge is 0.251 e. The van der Waals surface area contributed by atoms with Gasteiger partial charge in [0.05, 0.1) is 12.7 Å². The lowest BCUT2D eigenvalue weighted by Crippen LogP contribution is -2.33. The lowest BCUT2D eigenvalue weighted by atomic mass is 10.1. The number of aryl methyl sites for hydroxylation is 1. The molecule has 0 radical (unpaired) electrons. The quantitative estimate of drug-likeness (QED) is 0.674. The summed E-state index contributed by atoms with van der Waals surface area (Å²) >= 11 is 0. The third kappa shape index (κ3) is 3.64. The number of nitrogens with one attached hydrogen (secondary N) is 1. The molecule has 1 aromatic carbocycles. The Morgan fingerprint density at radius 3 is 2.50 bits per heavy atom. The van der Waals surface area contributed by atoms with Crippen molar-refractivity contribution in [2.75, 3.05) is 13.2 Å². The van der Waals surface area contributed by atoms with Gasteiger partial charge < -0.3 is 15.5 Å². The summed E-state index contributed by atoms with van der Waals surface area (Å²) in [5.74, 6) is -0.241. The number of carbonyl (C=O) groups excluding carboxylic acids is 1. The average molecular weight is 223 g/mol. The van der Waals surface area contributed by atoms with Gasteiger partial charge in [-0.15, -0.1) is 0 Å². The van der Waals surface area contributed by atoms with Crippen LogP contribution in [0.4, 0.5) is 0 Å². The van der Waals surface area contributed by atoms with Crippen LogP contribution < -0.4 is 5.32 Å². The van der Waals surface area contributed by atoms with E-state index >= 15 is 0 Å². The number of aliphatic hydroxyl groups excluding tert-OH is 2. The minimum absolute atomic E-state index is 0.0604. The molecule has 0 heterocycles. The average Bonchev–Trinajstić information content (AvgIpc) is 2.35. The molecule has 0 aliphatic rings. The number of aliphatic hydroxyl groups is 2. The van der Waals surface area contributed by atoms with Gasteiger partial charge >= 0.3 is 0 Å². The second-order valence-electron chi connectivity index (χ2n) is 3.60. The van der Waals surface area contributed by atoms with Crippen LogP contribution in [0.1, 0.15) is 22.8 Å². The van der Waals surface area contributed by atoms with Gasteiger partial charge in [-0.1, -0.05) is 19.1 Å². The molecule has 0 fully saturated rings. The summed E-state index contributed by atoms with van der Waals surface area (Å²) in [4.78, 5) is 11.6. The molecule has 1 unspecified atom stereocenters. The first-order valence-corrected chi connectivity index (χ1v) is 5.33.